The second kappa shape index (κ2) is 6.23. The van der Waals surface area contributed by atoms with Gasteiger partial charge in [0.05, 0.1) is 0 Å². The Balaban J connectivity index is 2.06. The van der Waals surface area contributed by atoms with Crippen LogP contribution in [0, 0.1) is 6.92 Å². The van der Waals surface area contributed by atoms with Crippen LogP contribution in [0.15, 0.2) is 42.6 Å². The number of hydrogen-bond donors (Lipinski definition) is 1. The molecule has 0 saturated carbocycles. The summed E-state index contributed by atoms with van der Waals surface area (Å²) in [7, 11) is 2.11. The first-order chi connectivity index (χ1) is 9.20. The quantitative estimate of drug-likeness (QED) is 0.887. The maximum atomic E-state index is 4.40. The van der Waals surface area contributed by atoms with Gasteiger partial charge in [-0.3, -0.25) is 0 Å². The van der Waals surface area contributed by atoms with Gasteiger partial charge in [-0.15, -0.1) is 0 Å². The van der Waals surface area contributed by atoms with Gasteiger partial charge in [-0.25, -0.2) is 4.98 Å². The highest BCUT2D eigenvalue weighted by molar-refractivity contribution is 5.52. The fraction of sp³-hybridized carbons (Fsp3) is 0.312. The normalized spacial score (nSPS) is 10.3. The highest BCUT2D eigenvalue weighted by Gasteiger charge is 2.05. The van der Waals surface area contributed by atoms with Crippen molar-refractivity contribution in [3.8, 4) is 0 Å². The van der Waals surface area contributed by atoms with Crippen molar-refractivity contribution >= 4 is 11.5 Å². The summed E-state index contributed by atoms with van der Waals surface area (Å²) in [5.74, 6) is 0.935. The molecule has 1 aromatic carbocycles. The van der Waals surface area contributed by atoms with E-state index in [0.29, 0.717) is 0 Å². The van der Waals surface area contributed by atoms with Crippen LogP contribution < -0.4 is 10.2 Å². The molecular formula is C16H21N3. The molecule has 0 atom stereocenters. The van der Waals surface area contributed by atoms with E-state index in [4.69, 9.17) is 0 Å². The smallest absolute Gasteiger partial charge is 0.125 e. The van der Waals surface area contributed by atoms with E-state index in [1.54, 1.807) is 0 Å². The average molecular weight is 255 g/mol. The Kier molecular flexibility index (Phi) is 4.39. The van der Waals surface area contributed by atoms with Gasteiger partial charge in [0.15, 0.2) is 0 Å². The fourth-order valence-corrected chi connectivity index (χ4v) is 2.15. The average Bonchev–Trinajstić information content (AvgIpc) is 2.42. The van der Waals surface area contributed by atoms with Crippen molar-refractivity contribution in [3.63, 3.8) is 0 Å². The third-order valence-corrected chi connectivity index (χ3v) is 3.13. The molecule has 0 aliphatic carbocycles. The van der Waals surface area contributed by atoms with Crippen molar-refractivity contribution in [2.75, 3.05) is 23.8 Å². The lowest BCUT2D eigenvalue weighted by Crippen LogP contribution is -2.17. The van der Waals surface area contributed by atoms with Crippen LogP contribution in [-0.4, -0.2) is 18.6 Å². The molecule has 0 spiro atoms. The molecule has 1 N–H and O–H groups in total. The Morgan fingerprint density at radius 2 is 1.95 bits per heavy atom. The Labute approximate surface area is 115 Å². The molecule has 0 unspecified atom stereocenters. The van der Waals surface area contributed by atoms with Crippen molar-refractivity contribution in [2.45, 2.75) is 20.4 Å². The second-order valence-corrected chi connectivity index (χ2v) is 4.72. The number of benzene rings is 1. The van der Waals surface area contributed by atoms with E-state index in [1.165, 1.54) is 16.8 Å². The molecule has 0 aliphatic heterocycles. The Morgan fingerprint density at radius 3 is 2.58 bits per heavy atom. The first kappa shape index (κ1) is 13.4. The van der Waals surface area contributed by atoms with Crippen LogP contribution in [0.5, 0.6) is 0 Å². The molecule has 100 valence electrons. The maximum Gasteiger partial charge on any atom is 0.125 e. The third kappa shape index (κ3) is 3.47. The highest BCUT2D eigenvalue weighted by Crippen LogP contribution is 2.19. The standard InChI is InChI=1S/C16H21N3/c1-4-17-16-10-9-14(11-18-16)12-19(3)15-8-6-5-7-13(15)2/h5-11H,4,12H2,1-3H3,(H,17,18). The second-order valence-electron chi connectivity index (χ2n) is 4.72. The molecule has 3 heteroatoms. The minimum Gasteiger partial charge on any atom is -0.370 e. The van der Waals surface area contributed by atoms with E-state index < -0.39 is 0 Å². The molecule has 1 heterocycles. The van der Waals surface area contributed by atoms with Crippen molar-refractivity contribution < 1.29 is 0 Å². The van der Waals surface area contributed by atoms with Crippen molar-refractivity contribution in [1.82, 2.24) is 4.98 Å². The SMILES string of the molecule is CCNc1ccc(CN(C)c2ccccc2C)cn1. The Morgan fingerprint density at radius 1 is 1.16 bits per heavy atom. The minimum atomic E-state index is 0.865. The number of hydrogen-bond acceptors (Lipinski definition) is 3. The molecule has 0 aliphatic rings. The number of anilines is 2. The molecular weight excluding hydrogens is 234 g/mol. The number of pyridine rings is 1. The van der Waals surface area contributed by atoms with Gasteiger partial charge in [0, 0.05) is 32.0 Å². The first-order valence-corrected chi connectivity index (χ1v) is 6.66. The number of aryl methyl sites for hydroxylation is 1. The van der Waals surface area contributed by atoms with Crippen LogP contribution in [0.2, 0.25) is 0 Å². The Hall–Kier alpha value is -2.03. The molecule has 19 heavy (non-hydrogen) atoms. The first-order valence-electron chi connectivity index (χ1n) is 6.66. The number of nitrogens with one attached hydrogen (secondary N) is 1. The van der Waals surface area contributed by atoms with Crippen LogP contribution in [0.1, 0.15) is 18.1 Å². The van der Waals surface area contributed by atoms with Crippen molar-refractivity contribution in [3.05, 3.63) is 53.7 Å². The summed E-state index contributed by atoms with van der Waals surface area (Å²) in [4.78, 5) is 6.65. The van der Waals surface area contributed by atoms with Gasteiger partial charge >= 0.3 is 0 Å². The van der Waals surface area contributed by atoms with Crippen molar-refractivity contribution in [1.29, 1.82) is 0 Å². The largest absolute Gasteiger partial charge is 0.370 e. The van der Waals surface area contributed by atoms with E-state index >= 15 is 0 Å². The number of para-hydroxylation sites is 1. The van der Waals surface area contributed by atoms with E-state index in [-0.39, 0.29) is 0 Å². The summed E-state index contributed by atoms with van der Waals surface area (Å²) >= 11 is 0. The van der Waals surface area contributed by atoms with E-state index in [1.807, 2.05) is 12.3 Å². The molecule has 0 radical (unpaired) electrons. The zero-order valence-corrected chi connectivity index (χ0v) is 11.9. The molecule has 0 fully saturated rings. The third-order valence-electron chi connectivity index (χ3n) is 3.13. The van der Waals surface area contributed by atoms with Crippen molar-refractivity contribution in [2.24, 2.45) is 0 Å². The molecule has 1 aromatic heterocycles. The van der Waals surface area contributed by atoms with Gasteiger partial charge < -0.3 is 10.2 Å². The predicted molar refractivity (Wildman–Crippen MR) is 81.7 cm³/mol. The van der Waals surface area contributed by atoms with Crippen LogP contribution >= 0.6 is 0 Å². The zero-order valence-electron chi connectivity index (χ0n) is 11.9. The summed E-state index contributed by atoms with van der Waals surface area (Å²) < 4.78 is 0. The van der Waals surface area contributed by atoms with Gasteiger partial charge in [-0.05, 0) is 37.1 Å². The zero-order chi connectivity index (χ0) is 13.7. The number of rotatable bonds is 5. The van der Waals surface area contributed by atoms with Crippen LogP contribution in [0.25, 0.3) is 0 Å². The summed E-state index contributed by atoms with van der Waals surface area (Å²) in [5.41, 5.74) is 3.77. The van der Waals surface area contributed by atoms with Gasteiger partial charge in [-0.1, -0.05) is 24.3 Å². The topological polar surface area (TPSA) is 28.2 Å². The summed E-state index contributed by atoms with van der Waals surface area (Å²) in [6.07, 6.45) is 1.94. The number of aromatic nitrogens is 1. The van der Waals surface area contributed by atoms with Gasteiger partial charge in [0.1, 0.15) is 5.82 Å². The van der Waals surface area contributed by atoms with E-state index in [0.717, 1.165) is 18.9 Å². The molecule has 0 amide bonds. The lowest BCUT2D eigenvalue weighted by Gasteiger charge is -2.21. The molecule has 2 aromatic rings. The maximum absolute atomic E-state index is 4.40. The van der Waals surface area contributed by atoms with Gasteiger partial charge in [0.2, 0.25) is 0 Å². The van der Waals surface area contributed by atoms with E-state index in [9.17, 15) is 0 Å². The minimum absolute atomic E-state index is 0.865. The van der Waals surface area contributed by atoms with Crippen LogP contribution in [0.3, 0.4) is 0 Å². The lowest BCUT2D eigenvalue weighted by molar-refractivity contribution is 0.910. The highest BCUT2D eigenvalue weighted by atomic mass is 15.1. The summed E-state index contributed by atoms with van der Waals surface area (Å²) in [6.45, 7) is 5.97. The molecule has 3 nitrogen and oxygen atoms in total. The molecule has 0 bridgehead atoms. The number of nitrogens with zero attached hydrogens (tertiary/aromatic N) is 2. The lowest BCUT2D eigenvalue weighted by atomic mass is 10.1. The van der Waals surface area contributed by atoms with E-state index in [2.05, 4.69) is 66.4 Å². The monoisotopic (exact) mass is 255 g/mol. The molecule has 2 rings (SSSR count). The predicted octanol–water partition coefficient (Wildman–Crippen LogP) is 3.46. The Bertz CT molecular complexity index is 520. The van der Waals surface area contributed by atoms with Crippen LogP contribution in [-0.2, 0) is 6.54 Å². The summed E-state index contributed by atoms with van der Waals surface area (Å²) in [6, 6.07) is 12.6. The van der Waals surface area contributed by atoms with Gasteiger partial charge in [0.25, 0.3) is 0 Å². The molecule has 0 saturated heterocycles. The fourth-order valence-electron chi connectivity index (χ4n) is 2.15. The van der Waals surface area contributed by atoms with Crippen LogP contribution in [0.4, 0.5) is 11.5 Å². The van der Waals surface area contributed by atoms with Gasteiger partial charge in [-0.2, -0.15) is 0 Å². The summed E-state index contributed by atoms with van der Waals surface area (Å²) in [5, 5.41) is 3.20.